The van der Waals surface area contributed by atoms with Gasteiger partial charge in [0.15, 0.2) is 0 Å². The SMILES string of the molecule is C[C@H]1CN(c2ccc(Nc3ncc4ccn(Cc5ccncc5N(C)S(C)(=O)=O)c4n3)cc2)CCN1. The number of rotatable bonds is 7. The zero-order valence-electron chi connectivity index (χ0n) is 20.6. The lowest BCUT2D eigenvalue weighted by Crippen LogP contribution is -2.49. The van der Waals surface area contributed by atoms with Crippen molar-refractivity contribution >= 4 is 44.1 Å². The van der Waals surface area contributed by atoms with E-state index in [4.69, 9.17) is 4.98 Å². The van der Waals surface area contributed by atoms with Gasteiger partial charge in [0.2, 0.25) is 16.0 Å². The Balaban J connectivity index is 1.36. The summed E-state index contributed by atoms with van der Waals surface area (Å²) in [5.74, 6) is 0.495. The second-order valence-electron chi connectivity index (χ2n) is 9.12. The minimum absolute atomic E-state index is 0.440. The summed E-state index contributed by atoms with van der Waals surface area (Å²) >= 11 is 0. The zero-order chi connectivity index (χ0) is 25.3. The highest BCUT2D eigenvalue weighted by Gasteiger charge is 2.18. The first-order chi connectivity index (χ1) is 17.3. The van der Waals surface area contributed by atoms with E-state index in [0.717, 1.165) is 41.9 Å². The van der Waals surface area contributed by atoms with Crippen molar-refractivity contribution < 1.29 is 8.42 Å². The molecule has 188 valence electrons. The van der Waals surface area contributed by atoms with E-state index in [1.54, 1.807) is 18.6 Å². The normalized spacial score (nSPS) is 16.3. The van der Waals surface area contributed by atoms with Gasteiger partial charge < -0.3 is 20.1 Å². The monoisotopic (exact) mass is 506 g/mol. The fourth-order valence-electron chi connectivity index (χ4n) is 4.40. The van der Waals surface area contributed by atoms with Gasteiger partial charge in [0.25, 0.3) is 0 Å². The van der Waals surface area contributed by atoms with Crippen molar-refractivity contribution in [2.24, 2.45) is 0 Å². The van der Waals surface area contributed by atoms with Crippen molar-refractivity contribution in [1.82, 2.24) is 24.8 Å². The van der Waals surface area contributed by atoms with Crippen LogP contribution >= 0.6 is 0 Å². The fraction of sp³-hybridized carbons (Fsp3) is 0.320. The molecular formula is C25H30N8O2S. The van der Waals surface area contributed by atoms with E-state index >= 15 is 0 Å². The fourth-order valence-corrected chi connectivity index (χ4v) is 4.93. The van der Waals surface area contributed by atoms with Crippen LogP contribution in [0.2, 0.25) is 0 Å². The van der Waals surface area contributed by atoms with Gasteiger partial charge in [-0.05, 0) is 48.9 Å². The third-order valence-electron chi connectivity index (χ3n) is 6.42. The van der Waals surface area contributed by atoms with E-state index in [2.05, 4.69) is 44.6 Å². The number of nitrogens with zero attached hydrogens (tertiary/aromatic N) is 6. The van der Waals surface area contributed by atoms with Gasteiger partial charge in [-0.2, -0.15) is 4.98 Å². The maximum absolute atomic E-state index is 12.1. The predicted molar refractivity (Wildman–Crippen MR) is 144 cm³/mol. The molecule has 2 N–H and O–H groups in total. The Morgan fingerprint density at radius 2 is 1.97 bits per heavy atom. The lowest BCUT2D eigenvalue weighted by Gasteiger charge is -2.33. The summed E-state index contributed by atoms with van der Waals surface area (Å²) < 4.78 is 27.4. The summed E-state index contributed by atoms with van der Waals surface area (Å²) in [7, 11) is -1.88. The zero-order valence-corrected chi connectivity index (χ0v) is 21.4. The highest BCUT2D eigenvalue weighted by atomic mass is 32.2. The minimum atomic E-state index is -3.41. The Bertz CT molecular complexity index is 1470. The summed E-state index contributed by atoms with van der Waals surface area (Å²) in [4.78, 5) is 15.7. The van der Waals surface area contributed by atoms with Gasteiger partial charge >= 0.3 is 0 Å². The molecule has 10 nitrogen and oxygen atoms in total. The number of hydrogen-bond acceptors (Lipinski definition) is 8. The number of anilines is 4. The Labute approximate surface area is 211 Å². The molecule has 1 saturated heterocycles. The summed E-state index contributed by atoms with van der Waals surface area (Å²) in [5.41, 5.74) is 4.22. The van der Waals surface area contributed by atoms with E-state index < -0.39 is 10.0 Å². The first kappa shape index (κ1) is 24.0. The topological polar surface area (TPSA) is 108 Å². The molecule has 1 aliphatic rings. The third-order valence-corrected chi connectivity index (χ3v) is 7.62. The Morgan fingerprint density at radius 1 is 1.17 bits per heavy atom. The van der Waals surface area contributed by atoms with Crippen molar-refractivity contribution in [3.8, 4) is 0 Å². The molecule has 36 heavy (non-hydrogen) atoms. The summed E-state index contributed by atoms with van der Waals surface area (Å²) in [5, 5.41) is 7.67. The first-order valence-electron chi connectivity index (χ1n) is 11.8. The van der Waals surface area contributed by atoms with Crippen LogP contribution in [0.3, 0.4) is 0 Å². The number of aromatic nitrogens is 4. The maximum atomic E-state index is 12.1. The van der Waals surface area contributed by atoms with Crippen LogP contribution in [0, 0.1) is 0 Å². The third kappa shape index (κ3) is 5.12. The number of benzene rings is 1. The van der Waals surface area contributed by atoms with E-state index in [1.165, 1.54) is 23.3 Å². The average Bonchev–Trinajstić information content (AvgIpc) is 3.26. The standard InChI is InChI=1S/C25H30N8O2S/c1-18-16-32(13-11-27-18)22-6-4-21(5-7-22)29-25-28-14-19-9-12-33(24(19)30-25)17-20-8-10-26-15-23(20)31(2)36(3,34)35/h4-10,12,14-15,18,27H,11,13,16-17H2,1-3H3,(H,28,29,30)/t18-/m0/s1. The summed E-state index contributed by atoms with van der Waals surface area (Å²) in [6.07, 6.45) is 8.11. The van der Waals surface area contributed by atoms with E-state index in [1.807, 2.05) is 35.0 Å². The molecule has 4 heterocycles. The number of nitrogens with one attached hydrogen (secondary N) is 2. The molecule has 0 spiro atoms. The molecule has 1 fully saturated rings. The largest absolute Gasteiger partial charge is 0.369 e. The number of sulfonamides is 1. The van der Waals surface area contributed by atoms with Gasteiger partial charge in [0, 0.05) is 68.1 Å². The smallest absolute Gasteiger partial charge is 0.232 e. The van der Waals surface area contributed by atoms with Crippen molar-refractivity contribution in [2.75, 3.05) is 47.5 Å². The van der Waals surface area contributed by atoms with Crippen LogP contribution in [-0.2, 0) is 16.6 Å². The molecule has 0 unspecified atom stereocenters. The molecule has 0 aliphatic carbocycles. The number of hydrogen-bond donors (Lipinski definition) is 2. The quantitative estimate of drug-likeness (QED) is 0.394. The molecule has 0 saturated carbocycles. The minimum Gasteiger partial charge on any atom is -0.369 e. The molecule has 0 amide bonds. The van der Waals surface area contributed by atoms with Crippen molar-refractivity contribution in [1.29, 1.82) is 0 Å². The molecule has 1 atom stereocenters. The van der Waals surface area contributed by atoms with Gasteiger partial charge in [-0.3, -0.25) is 9.29 Å². The molecule has 3 aromatic heterocycles. The van der Waals surface area contributed by atoms with E-state index in [-0.39, 0.29) is 0 Å². The molecule has 0 radical (unpaired) electrons. The van der Waals surface area contributed by atoms with Crippen LogP contribution in [0.25, 0.3) is 11.0 Å². The molecule has 0 bridgehead atoms. The van der Waals surface area contributed by atoms with Crippen LogP contribution in [-0.4, -0.2) is 66.9 Å². The lowest BCUT2D eigenvalue weighted by molar-refractivity contribution is 0.485. The van der Waals surface area contributed by atoms with Gasteiger partial charge in [0.05, 0.1) is 24.7 Å². The molecule has 1 aliphatic heterocycles. The summed E-state index contributed by atoms with van der Waals surface area (Å²) in [6, 6.07) is 12.6. The predicted octanol–water partition coefficient (Wildman–Crippen LogP) is 2.81. The van der Waals surface area contributed by atoms with Gasteiger partial charge in [-0.25, -0.2) is 13.4 Å². The first-order valence-corrected chi connectivity index (χ1v) is 13.7. The number of piperazine rings is 1. The van der Waals surface area contributed by atoms with Crippen LogP contribution in [0.5, 0.6) is 0 Å². The Hall–Kier alpha value is -3.70. The molecule has 4 aromatic rings. The van der Waals surface area contributed by atoms with Gasteiger partial charge in [0.1, 0.15) is 5.65 Å². The second kappa shape index (κ2) is 9.75. The highest BCUT2D eigenvalue weighted by Crippen LogP contribution is 2.25. The molecule has 5 rings (SSSR count). The van der Waals surface area contributed by atoms with Gasteiger partial charge in [-0.1, -0.05) is 0 Å². The van der Waals surface area contributed by atoms with Crippen LogP contribution in [0.4, 0.5) is 23.0 Å². The molecular weight excluding hydrogens is 476 g/mol. The molecule has 1 aromatic carbocycles. The number of fused-ring (bicyclic) bond motifs is 1. The van der Waals surface area contributed by atoms with Crippen molar-refractivity contribution in [2.45, 2.75) is 19.5 Å². The van der Waals surface area contributed by atoms with Crippen molar-refractivity contribution in [3.63, 3.8) is 0 Å². The van der Waals surface area contributed by atoms with Crippen LogP contribution in [0.15, 0.2) is 61.2 Å². The van der Waals surface area contributed by atoms with Crippen LogP contribution < -0.4 is 19.8 Å². The number of pyridine rings is 1. The Morgan fingerprint density at radius 3 is 2.72 bits per heavy atom. The van der Waals surface area contributed by atoms with E-state index in [9.17, 15) is 8.42 Å². The van der Waals surface area contributed by atoms with Crippen molar-refractivity contribution in [3.05, 3.63) is 66.7 Å². The maximum Gasteiger partial charge on any atom is 0.232 e. The lowest BCUT2D eigenvalue weighted by atomic mass is 10.2. The molecule has 11 heteroatoms. The highest BCUT2D eigenvalue weighted by molar-refractivity contribution is 7.92. The van der Waals surface area contributed by atoms with E-state index in [0.29, 0.717) is 24.2 Å². The second-order valence-corrected chi connectivity index (χ2v) is 11.1. The Kier molecular flexibility index (Phi) is 6.50. The summed E-state index contributed by atoms with van der Waals surface area (Å²) in [6.45, 7) is 5.61. The van der Waals surface area contributed by atoms with Crippen LogP contribution in [0.1, 0.15) is 12.5 Å². The van der Waals surface area contributed by atoms with Gasteiger partial charge in [-0.15, -0.1) is 0 Å². The average molecular weight is 507 g/mol.